The number of rotatable bonds is 9. The molecule has 0 fully saturated rings. The minimum Gasteiger partial charge on any atom is -0.339 e. The van der Waals surface area contributed by atoms with Crippen molar-refractivity contribution in [3.05, 3.63) is 23.6 Å². The van der Waals surface area contributed by atoms with Crippen molar-refractivity contribution in [2.45, 2.75) is 6.42 Å². The van der Waals surface area contributed by atoms with Gasteiger partial charge in [0.1, 0.15) is 0 Å². The first-order valence-electron chi connectivity index (χ1n) is 7.07. The van der Waals surface area contributed by atoms with E-state index in [9.17, 15) is 4.79 Å². The van der Waals surface area contributed by atoms with Gasteiger partial charge in [0.15, 0.2) is 5.82 Å². The fraction of sp³-hybridized carbons (Fsp3) is 0.429. The van der Waals surface area contributed by atoms with Gasteiger partial charge in [-0.3, -0.25) is 9.89 Å². The zero-order chi connectivity index (χ0) is 15.8. The lowest BCUT2D eigenvalue weighted by molar-refractivity contribution is -0.855. The number of thiophene rings is 1. The molecule has 22 heavy (non-hydrogen) atoms. The van der Waals surface area contributed by atoms with Crippen LogP contribution < -0.4 is 10.2 Å². The van der Waals surface area contributed by atoms with E-state index in [0.717, 1.165) is 28.6 Å². The van der Waals surface area contributed by atoms with Gasteiger partial charge in [-0.25, -0.2) is 0 Å². The number of quaternary nitrogens is 1. The summed E-state index contributed by atoms with van der Waals surface area (Å²) >= 11 is 1.64. The normalized spacial score (nSPS) is 11.0. The molecule has 0 saturated carbocycles. The molecule has 2 aromatic heterocycles. The molecule has 0 atom stereocenters. The number of hydrogen-bond acceptors (Lipinski definition) is 5. The SMILES string of the molecule is C[NH+](C)CCSSCCC(=O)Nc1cc(-c2cccs2)[nH]n1. The molecular formula is C14H21N4OS3+. The Kier molecular flexibility index (Phi) is 7.31. The molecule has 0 aliphatic heterocycles. The van der Waals surface area contributed by atoms with E-state index < -0.39 is 0 Å². The molecule has 1 amide bonds. The third-order valence-electron chi connectivity index (χ3n) is 2.81. The number of nitrogens with one attached hydrogen (secondary N) is 3. The van der Waals surface area contributed by atoms with Crippen LogP contribution in [-0.4, -0.2) is 48.3 Å². The summed E-state index contributed by atoms with van der Waals surface area (Å²) in [7, 11) is 7.87. The zero-order valence-corrected chi connectivity index (χ0v) is 15.2. The molecule has 0 aliphatic rings. The third-order valence-corrected chi connectivity index (χ3v) is 6.12. The van der Waals surface area contributed by atoms with E-state index in [0.29, 0.717) is 12.2 Å². The van der Waals surface area contributed by atoms with Crippen LogP contribution in [-0.2, 0) is 4.79 Å². The van der Waals surface area contributed by atoms with Gasteiger partial charge in [0, 0.05) is 18.2 Å². The molecule has 2 aromatic rings. The van der Waals surface area contributed by atoms with Crippen LogP contribution in [0.25, 0.3) is 10.6 Å². The van der Waals surface area contributed by atoms with Gasteiger partial charge in [-0.2, -0.15) is 5.10 Å². The lowest BCUT2D eigenvalue weighted by Crippen LogP contribution is -3.06. The first kappa shape index (κ1) is 17.4. The summed E-state index contributed by atoms with van der Waals surface area (Å²) in [6.07, 6.45) is 0.508. The van der Waals surface area contributed by atoms with E-state index in [-0.39, 0.29) is 5.91 Å². The van der Waals surface area contributed by atoms with Crippen molar-refractivity contribution < 1.29 is 9.69 Å². The van der Waals surface area contributed by atoms with Crippen molar-refractivity contribution in [3.63, 3.8) is 0 Å². The lowest BCUT2D eigenvalue weighted by atomic mass is 10.3. The minimum absolute atomic E-state index is 0.00978. The number of carbonyl (C=O) groups is 1. The Morgan fingerprint density at radius 3 is 2.95 bits per heavy atom. The van der Waals surface area contributed by atoms with Crippen LogP contribution in [0.15, 0.2) is 23.6 Å². The molecule has 0 bridgehead atoms. The highest BCUT2D eigenvalue weighted by molar-refractivity contribution is 8.76. The Balaban J connectivity index is 1.65. The maximum absolute atomic E-state index is 11.9. The summed E-state index contributed by atoms with van der Waals surface area (Å²) in [5.41, 5.74) is 0.932. The maximum atomic E-state index is 11.9. The Bertz CT molecular complexity index is 568. The number of aromatic amines is 1. The molecule has 0 saturated heterocycles. The molecule has 3 N–H and O–H groups in total. The predicted octanol–water partition coefficient (Wildman–Crippen LogP) is 1.99. The minimum atomic E-state index is 0.00978. The zero-order valence-electron chi connectivity index (χ0n) is 12.7. The second-order valence-electron chi connectivity index (χ2n) is 5.04. The molecule has 120 valence electrons. The smallest absolute Gasteiger partial charge is 0.226 e. The largest absolute Gasteiger partial charge is 0.339 e. The monoisotopic (exact) mass is 357 g/mol. The lowest BCUT2D eigenvalue weighted by Gasteiger charge is -2.05. The Hall–Kier alpha value is -0.960. The number of anilines is 1. The molecule has 0 aliphatic carbocycles. The number of carbonyl (C=O) groups excluding carboxylic acids is 1. The number of amides is 1. The van der Waals surface area contributed by atoms with Crippen LogP contribution in [0.2, 0.25) is 0 Å². The quantitative estimate of drug-likeness (QED) is 0.474. The Labute approximate surface area is 142 Å². The highest BCUT2D eigenvalue weighted by Gasteiger charge is 2.08. The van der Waals surface area contributed by atoms with Crippen LogP contribution in [0, 0.1) is 0 Å². The predicted molar refractivity (Wildman–Crippen MR) is 97.7 cm³/mol. The molecule has 5 nitrogen and oxygen atoms in total. The number of H-pyrrole nitrogens is 1. The van der Waals surface area contributed by atoms with Crippen LogP contribution in [0.1, 0.15) is 6.42 Å². The van der Waals surface area contributed by atoms with Crippen LogP contribution in [0.3, 0.4) is 0 Å². The third kappa shape index (κ3) is 6.04. The van der Waals surface area contributed by atoms with Crippen molar-refractivity contribution in [3.8, 4) is 10.6 Å². The maximum Gasteiger partial charge on any atom is 0.226 e. The van der Waals surface area contributed by atoms with Gasteiger partial charge in [-0.1, -0.05) is 27.7 Å². The Morgan fingerprint density at radius 2 is 2.23 bits per heavy atom. The van der Waals surface area contributed by atoms with Gasteiger partial charge in [-0.05, 0) is 11.4 Å². The van der Waals surface area contributed by atoms with Crippen LogP contribution >= 0.6 is 32.9 Å². The Morgan fingerprint density at radius 1 is 1.41 bits per heavy atom. The summed E-state index contributed by atoms with van der Waals surface area (Å²) < 4.78 is 0. The molecule has 0 aromatic carbocycles. The fourth-order valence-corrected chi connectivity index (χ4v) is 4.54. The number of nitrogens with zero attached hydrogens (tertiary/aromatic N) is 1. The van der Waals surface area contributed by atoms with Gasteiger partial charge in [0.2, 0.25) is 5.91 Å². The molecule has 0 unspecified atom stereocenters. The summed E-state index contributed by atoms with van der Waals surface area (Å²) in [4.78, 5) is 14.4. The van der Waals surface area contributed by atoms with E-state index in [1.165, 1.54) is 4.90 Å². The number of hydrogen-bond donors (Lipinski definition) is 3. The second-order valence-corrected chi connectivity index (χ2v) is 8.69. The highest BCUT2D eigenvalue weighted by atomic mass is 33.1. The van der Waals surface area contributed by atoms with E-state index in [2.05, 4.69) is 29.6 Å². The topological polar surface area (TPSA) is 62.2 Å². The second kappa shape index (κ2) is 9.24. The van der Waals surface area contributed by atoms with Gasteiger partial charge in [0.25, 0.3) is 0 Å². The summed E-state index contributed by atoms with van der Waals surface area (Å²) in [6, 6.07) is 5.88. The van der Waals surface area contributed by atoms with E-state index >= 15 is 0 Å². The standard InChI is InChI=1S/C14H20N4OS3/c1-18(2)6-9-22-21-8-5-14(19)15-13-10-11(16-17-13)12-4-3-7-20-12/h3-4,7,10H,5-6,8-9H2,1-2H3,(H2,15,16,17,19)/p+1. The highest BCUT2D eigenvalue weighted by Crippen LogP contribution is 2.24. The van der Waals surface area contributed by atoms with Gasteiger partial charge in [-0.15, -0.1) is 11.3 Å². The van der Waals surface area contributed by atoms with Crippen molar-refractivity contribution in [2.75, 3.05) is 37.5 Å². The van der Waals surface area contributed by atoms with Crippen LogP contribution in [0.5, 0.6) is 0 Å². The van der Waals surface area contributed by atoms with Crippen molar-refractivity contribution in [2.24, 2.45) is 0 Å². The van der Waals surface area contributed by atoms with Crippen molar-refractivity contribution in [1.29, 1.82) is 0 Å². The molecular weight excluding hydrogens is 336 g/mol. The fourth-order valence-electron chi connectivity index (χ4n) is 1.65. The molecule has 2 rings (SSSR count). The van der Waals surface area contributed by atoms with Crippen LogP contribution in [0.4, 0.5) is 5.82 Å². The van der Waals surface area contributed by atoms with Gasteiger partial charge < -0.3 is 10.2 Å². The molecule has 2 heterocycles. The number of aromatic nitrogens is 2. The van der Waals surface area contributed by atoms with Crippen molar-refractivity contribution in [1.82, 2.24) is 10.2 Å². The summed E-state index contributed by atoms with van der Waals surface area (Å²) in [5, 5.41) is 11.9. The molecule has 0 radical (unpaired) electrons. The molecule has 0 spiro atoms. The van der Waals surface area contributed by atoms with Crippen molar-refractivity contribution >= 4 is 44.6 Å². The first-order valence-corrected chi connectivity index (χ1v) is 10.4. The van der Waals surface area contributed by atoms with E-state index in [1.54, 1.807) is 22.1 Å². The van der Waals surface area contributed by atoms with E-state index in [1.807, 2.05) is 34.4 Å². The van der Waals surface area contributed by atoms with Gasteiger partial charge >= 0.3 is 0 Å². The summed E-state index contributed by atoms with van der Waals surface area (Å²) in [5.74, 6) is 2.53. The average Bonchev–Trinajstić information content (AvgIpc) is 3.12. The summed E-state index contributed by atoms with van der Waals surface area (Å²) in [6.45, 7) is 1.14. The first-order chi connectivity index (χ1) is 10.6. The van der Waals surface area contributed by atoms with Gasteiger partial charge in [0.05, 0.1) is 37.0 Å². The molecule has 8 heteroatoms. The van der Waals surface area contributed by atoms with E-state index in [4.69, 9.17) is 0 Å². The average molecular weight is 358 g/mol.